The number of nitrogens with zero attached hydrogens (tertiary/aromatic N) is 2. The lowest BCUT2D eigenvalue weighted by atomic mass is 10.0. The first-order valence-electron chi connectivity index (χ1n) is 12.1. The molecule has 0 aromatic heterocycles. The standard InChI is InChI=1S/C25H29ClF3N3O6S/c1-3-39(36,37)22-9-8-19(26)11-18(22)13-30-23(33)16-6-7-17(21(12-16)38-25(27,28)29)14-32-10-4-5-20(15-32)31(2)24(34)35/h6-9,11-12,20H,3-5,10,13-15H2,1-2H3,(H,30,33)(H,34,35)/t20-/m0/s1. The molecule has 214 valence electrons. The Kier molecular flexibility index (Phi) is 9.73. The summed E-state index contributed by atoms with van der Waals surface area (Å²) in [6.07, 6.45) is -4.80. The van der Waals surface area contributed by atoms with E-state index in [1.165, 1.54) is 49.2 Å². The highest BCUT2D eigenvalue weighted by molar-refractivity contribution is 7.91. The Morgan fingerprint density at radius 3 is 2.56 bits per heavy atom. The summed E-state index contributed by atoms with van der Waals surface area (Å²) >= 11 is 6.00. The summed E-state index contributed by atoms with van der Waals surface area (Å²) in [5.41, 5.74) is 0.294. The fourth-order valence-corrected chi connectivity index (χ4v) is 5.67. The molecule has 1 atom stereocenters. The highest BCUT2D eigenvalue weighted by Crippen LogP contribution is 2.30. The van der Waals surface area contributed by atoms with E-state index in [0.29, 0.717) is 25.9 Å². The van der Waals surface area contributed by atoms with E-state index in [0.717, 1.165) is 6.07 Å². The monoisotopic (exact) mass is 591 g/mol. The summed E-state index contributed by atoms with van der Waals surface area (Å²) in [5.74, 6) is -1.46. The molecule has 1 aliphatic rings. The zero-order chi connectivity index (χ0) is 29.0. The number of piperidine rings is 1. The maximum Gasteiger partial charge on any atom is 0.573 e. The van der Waals surface area contributed by atoms with Crippen LogP contribution in [0.4, 0.5) is 18.0 Å². The Balaban J connectivity index is 1.80. The normalized spacial score (nSPS) is 16.5. The van der Waals surface area contributed by atoms with Crippen LogP contribution in [0.3, 0.4) is 0 Å². The van der Waals surface area contributed by atoms with Crippen LogP contribution in [0.1, 0.15) is 41.3 Å². The van der Waals surface area contributed by atoms with Crippen LogP contribution in [0.25, 0.3) is 0 Å². The van der Waals surface area contributed by atoms with Gasteiger partial charge in [0.15, 0.2) is 9.84 Å². The minimum Gasteiger partial charge on any atom is -0.465 e. The Morgan fingerprint density at radius 1 is 1.21 bits per heavy atom. The quantitative estimate of drug-likeness (QED) is 0.440. The number of likely N-dealkylation sites (N-methyl/N-ethyl adjacent to an activating group) is 1. The molecule has 2 amide bonds. The van der Waals surface area contributed by atoms with Gasteiger partial charge in [-0.3, -0.25) is 9.69 Å². The Hall–Kier alpha value is -3.03. The van der Waals surface area contributed by atoms with E-state index in [1.54, 1.807) is 0 Å². The van der Waals surface area contributed by atoms with E-state index in [9.17, 15) is 36.3 Å². The van der Waals surface area contributed by atoms with Gasteiger partial charge in [0.05, 0.1) is 10.6 Å². The largest absolute Gasteiger partial charge is 0.573 e. The molecule has 0 saturated carbocycles. The smallest absolute Gasteiger partial charge is 0.465 e. The van der Waals surface area contributed by atoms with Crippen molar-refractivity contribution in [3.05, 3.63) is 58.1 Å². The Morgan fingerprint density at radius 2 is 1.92 bits per heavy atom. The molecular weight excluding hydrogens is 563 g/mol. The topological polar surface area (TPSA) is 116 Å². The van der Waals surface area contributed by atoms with Crippen LogP contribution >= 0.6 is 11.6 Å². The van der Waals surface area contributed by atoms with E-state index in [1.807, 2.05) is 4.90 Å². The number of benzene rings is 2. The number of carboxylic acid groups (broad SMARTS) is 1. The minimum absolute atomic E-state index is 0.000444. The summed E-state index contributed by atoms with van der Waals surface area (Å²) in [7, 11) is -2.16. The van der Waals surface area contributed by atoms with Crippen molar-refractivity contribution in [3.63, 3.8) is 0 Å². The van der Waals surface area contributed by atoms with Gasteiger partial charge in [-0.1, -0.05) is 24.6 Å². The zero-order valence-corrected chi connectivity index (χ0v) is 22.9. The van der Waals surface area contributed by atoms with Gasteiger partial charge < -0.3 is 20.1 Å². The lowest BCUT2D eigenvalue weighted by Gasteiger charge is -2.36. The van der Waals surface area contributed by atoms with Crippen molar-refractivity contribution in [1.82, 2.24) is 15.1 Å². The van der Waals surface area contributed by atoms with Crippen LogP contribution in [0.15, 0.2) is 41.3 Å². The van der Waals surface area contributed by atoms with Crippen LogP contribution in [0, 0.1) is 0 Å². The van der Waals surface area contributed by atoms with Gasteiger partial charge >= 0.3 is 12.5 Å². The third-order valence-corrected chi connectivity index (χ3v) is 8.52. The molecule has 14 heteroatoms. The number of sulfone groups is 1. The third-order valence-electron chi connectivity index (χ3n) is 6.46. The molecular formula is C25H29ClF3N3O6S. The molecule has 2 aromatic rings. The number of hydrogen-bond acceptors (Lipinski definition) is 6. The predicted octanol–water partition coefficient (Wildman–Crippen LogP) is 4.54. The molecule has 1 saturated heterocycles. The van der Waals surface area contributed by atoms with E-state index in [4.69, 9.17) is 11.6 Å². The van der Waals surface area contributed by atoms with Gasteiger partial charge in [-0.2, -0.15) is 0 Å². The number of carbonyl (C=O) groups is 2. The second kappa shape index (κ2) is 12.4. The maximum atomic E-state index is 13.2. The zero-order valence-electron chi connectivity index (χ0n) is 21.3. The average Bonchev–Trinajstić information content (AvgIpc) is 2.87. The molecule has 2 N–H and O–H groups in total. The molecule has 1 fully saturated rings. The molecule has 0 spiro atoms. The van der Waals surface area contributed by atoms with Crippen molar-refractivity contribution in [2.45, 2.75) is 50.2 Å². The fourth-order valence-electron chi connectivity index (χ4n) is 4.36. The molecule has 1 aliphatic heterocycles. The summed E-state index contributed by atoms with van der Waals surface area (Å²) in [4.78, 5) is 27.2. The number of nitrogens with one attached hydrogen (secondary N) is 1. The lowest BCUT2D eigenvalue weighted by Crippen LogP contribution is -2.47. The number of rotatable bonds is 9. The number of hydrogen-bond donors (Lipinski definition) is 2. The average molecular weight is 592 g/mol. The SMILES string of the molecule is CCS(=O)(=O)c1ccc(Cl)cc1CNC(=O)c1ccc(CN2CCC[C@H](N(C)C(=O)O)C2)c(OC(F)(F)F)c1. The first kappa shape index (κ1) is 30.5. The van der Waals surface area contributed by atoms with Crippen molar-refractivity contribution in [2.75, 3.05) is 25.9 Å². The number of carbonyl (C=O) groups excluding carboxylic acids is 1. The molecule has 2 aromatic carbocycles. The van der Waals surface area contributed by atoms with Crippen LogP contribution < -0.4 is 10.1 Å². The van der Waals surface area contributed by atoms with E-state index < -0.39 is 33.9 Å². The van der Waals surface area contributed by atoms with E-state index in [2.05, 4.69) is 10.1 Å². The van der Waals surface area contributed by atoms with Gasteiger partial charge in [0.2, 0.25) is 0 Å². The first-order valence-corrected chi connectivity index (χ1v) is 14.1. The number of amides is 2. The Bertz CT molecular complexity index is 1320. The fraction of sp³-hybridized carbons (Fsp3) is 0.440. The molecule has 3 rings (SSSR count). The molecule has 39 heavy (non-hydrogen) atoms. The van der Waals surface area contributed by atoms with Gasteiger partial charge in [0.1, 0.15) is 5.75 Å². The second-order valence-electron chi connectivity index (χ2n) is 9.13. The highest BCUT2D eigenvalue weighted by atomic mass is 35.5. The molecule has 0 aliphatic carbocycles. The minimum atomic E-state index is -5.01. The van der Waals surface area contributed by atoms with Crippen molar-refractivity contribution in [1.29, 1.82) is 0 Å². The van der Waals surface area contributed by atoms with Gasteiger partial charge in [-0.15, -0.1) is 13.2 Å². The first-order chi connectivity index (χ1) is 18.2. The van der Waals surface area contributed by atoms with Crippen molar-refractivity contribution < 1.29 is 41.0 Å². The van der Waals surface area contributed by atoms with E-state index in [-0.39, 0.29) is 51.5 Å². The van der Waals surface area contributed by atoms with Crippen molar-refractivity contribution >= 4 is 33.4 Å². The molecule has 9 nitrogen and oxygen atoms in total. The molecule has 0 unspecified atom stereocenters. The van der Waals surface area contributed by atoms with Gasteiger partial charge in [-0.05, 0) is 55.3 Å². The summed E-state index contributed by atoms with van der Waals surface area (Å²) in [6, 6.07) is 7.53. The van der Waals surface area contributed by atoms with Crippen LogP contribution in [-0.4, -0.2) is 73.6 Å². The molecule has 1 heterocycles. The van der Waals surface area contributed by atoms with Crippen LogP contribution in [0.5, 0.6) is 5.75 Å². The number of ether oxygens (including phenoxy) is 1. The lowest BCUT2D eigenvalue weighted by molar-refractivity contribution is -0.275. The third kappa shape index (κ3) is 8.23. The number of likely N-dealkylation sites (tertiary alicyclic amines) is 1. The summed E-state index contributed by atoms with van der Waals surface area (Å²) in [5, 5.41) is 12.0. The van der Waals surface area contributed by atoms with Gasteiger partial charge in [-0.25, -0.2) is 13.2 Å². The summed E-state index contributed by atoms with van der Waals surface area (Å²) in [6.45, 7) is 2.19. The van der Waals surface area contributed by atoms with Gasteiger partial charge in [0, 0.05) is 48.9 Å². The number of alkyl halides is 3. The second-order valence-corrected chi connectivity index (χ2v) is 11.8. The van der Waals surface area contributed by atoms with Crippen LogP contribution in [-0.2, 0) is 22.9 Å². The van der Waals surface area contributed by atoms with Crippen molar-refractivity contribution in [3.8, 4) is 5.75 Å². The van der Waals surface area contributed by atoms with Crippen molar-refractivity contribution in [2.24, 2.45) is 0 Å². The van der Waals surface area contributed by atoms with Gasteiger partial charge in [0.25, 0.3) is 5.91 Å². The van der Waals surface area contributed by atoms with E-state index >= 15 is 0 Å². The maximum absolute atomic E-state index is 13.2. The molecule has 0 bridgehead atoms. The Labute approximate surface area is 229 Å². The van der Waals surface area contributed by atoms with Crippen LogP contribution in [0.2, 0.25) is 5.02 Å². The molecule has 0 radical (unpaired) electrons. The predicted molar refractivity (Wildman–Crippen MR) is 138 cm³/mol. The number of halogens is 4. The summed E-state index contributed by atoms with van der Waals surface area (Å²) < 4.78 is 68.7. The highest BCUT2D eigenvalue weighted by Gasteiger charge is 2.33.